The van der Waals surface area contributed by atoms with Gasteiger partial charge in [-0.05, 0) is 37.2 Å². The van der Waals surface area contributed by atoms with Crippen LogP contribution in [0.25, 0.3) is 0 Å². The first-order chi connectivity index (χ1) is 10.6. The van der Waals surface area contributed by atoms with Crippen molar-refractivity contribution < 1.29 is 14.0 Å². The average Bonchev–Trinajstić information content (AvgIpc) is 2.98. The van der Waals surface area contributed by atoms with E-state index in [-0.39, 0.29) is 16.4 Å². The van der Waals surface area contributed by atoms with Crippen LogP contribution in [-0.2, 0) is 9.59 Å². The lowest BCUT2D eigenvalue weighted by Crippen LogP contribution is -2.55. The van der Waals surface area contributed by atoms with Gasteiger partial charge < -0.3 is 4.90 Å². The molecule has 2 aliphatic heterocycles. The van der Waals surface area contributed by atoms with Gasteiger partial charge in [-0.2, -0.15) is 0 Å². The molecule has 22 heavy (non-hydrogen) atoms. The fourth-order valence-electron chi connectivity index (χ4n) is 2.55. The summed E-state index contributed by atoms with van der Waals surface area (Å²) in [4.78, 5) is 27.6. The Hall–Kier alpha value is -2.28. The Labute approximate surface area is 132 Å². The van der Waals surface area contributed by atoms with Crippen LogP contribution in [0, 0.1) is 5.82 Å². The fraction of sp³-hybridized carbons (Fsp3) is 0.267. The van der Waals surface area contributed by atoms with Crippen LogP contribution in [0.2, 0.25) is 0 Å². The predicted molar refractivity (Wildman–Crippen MR) is 83.5 cm³/mol. The SMILES string of the molecule is O=C1NC(=S)N(c2ccccc2F)C(=O)C1=CN1CCCC1. The Bertz CT molecular complexity index is 683. The summed E-state index contributed by atoms with van der Waals surface area (Å²) in [5.41, 5.74) is 0.00331. The van der Waals surface area contributed by atoms with Crippen molar-refractivity contribution in [2.75, 3.05) is 18.0 Å². The number of para-hydroxylation sites is 1. The largest absolute Gasteiger partial charge is 0.377 e. The highest BCUT2D eigenvalue weighted by atomic mass is 32.1. The Balaban J connectivity index is 1.97. The molecule has 0 saturated carbocycles. The number of amides is 2. The molecule has 0 unspecified atom stereocenters. The van der Waals surface area contributed by atoms with E-state index in [2.05, 4.69) is 5.32 Å². The normalized spacial score (nSPS) is 20.8. The highest BCUT2D eigenvalue weighted by Gasteiger charge is 2.36. The first-order valence-corrected chi connectivity index (χ1v) is 7.39. The third-order valence-electron chi connectivity index (χ3n) is 3.65. The van der Waals surface area contributed by atoms with Crippen LogP contribution in [0.1, 0.15) is 12.8 Å². The van der Waals surface area contributed by atoms with Crippen LogP contribution in [-0.4, -0.2) is 34.9 Å². The second kappa shape index (κ2) is 5.84. The monoisotopic (exact) mass is 319 g/mol. The lowest BCUT2D eigenvalue weighted by molar-refractivity contribution is -0.122. The third kappa shape index (κ3) is 2.59. The number of nitrogens with one attached hydrogen (secondary N) is 1. The van der Waals surface area contributed by atoms with Crippen molar-refractivity contribution in [3.63, 3.8) is 0 Å². The molecule has 2 heterocycles. The van der Waals surface area contributed by atoms with E-state index < -0.39 is 17.6 Å². The molecule has 2 aliphatic rings. The zero-order chi connectivity index (χ0) is 15.7. The van der Waals surface area contributed by atoms with E-state index in [1.807, 2.05) is 4.90 Å². The second-order valence-electron chi connectivity index (χ2n) is 5.14. The molecule has 114 valence electrons. The number of hydrogen-bond donors (Lipinski definition) is 1. The van der Waals surface area contributed by atoms with Gasteiger partial charge in [0, 0.05) is 19.3 Å². The van der Waals surface area contributed by atoms with Crippen LogP contribution in [0.4, 0.5) is 10.1 Å². The molecular formula is C15H14FN3O2S. The number of halogens is 1. The maximum Gasteiger partial charge on any atom is 0.271 e. The van der Waals surface area contributed by atoms with E-state index in [1.165, 1.54) is 18.2 Å². The van der Waals surface area contributed by atoms with Gasteiger partial charge in [-0.25, -0.2) is 9.29 Å². The second-order valence-corrected chi connectivity index (χ2v) is 5.52. The van der Waals surface area contributed by atoms with Gasteiger partial charge in [0.05, 0.1) is 5.69 Å². The first-order valence-electron chi connectivity index (χ1n) is 6.98. The number of benzene rings is 1. The van der Waals surface area contributed by atoms with Gasteiger partial charge in [-0.1, -0.05) is 12.1 Å². The topological polar surface area (TPSA) is 52.7 Å². The number of likely N-dealkylation sites (tertiary alicyclic amines) is 1. The zero-order valence-electron chi connectivity index (χ0n) is 11.7. The summed E-state index contributed by atoms with van der Waals surface area (Å²) in [5, 5.41) is 2.33. The molecule has 7 heteroatoms. The molecule has 0 spiro atoms. The van der Waals surface area contributed by atoms with Crippen molar-refractivity contribution in [1.82, 2.24) is 10.2 Å². The molecule has 5 nitrogen and oxygen atoms in total. The predicted octanol–water partition coefficient (Wildman–Crippen LogP) is 1.55. The van der Waals surface area contributed by atoms with Crippen molar-refractivity contribution >= 4 is 34.8 Å². The molecule has 0 bridgehead atoms. The first kappa shape index (κ1) is 14.6. The van der Waals surface area contributed by atoms with Gasteiger partial charge >= 0.3 is 0 Å². The van der Waals surface area contributed by atoms with Crippen LogP contribution in [0.5, 0.6) is 0 Å². The number of carbonyl (C=O) groups excluding carboxylic acids is 2. The minimum atomic E-state index is -0.606. The van der Waals surface area contributed by atoms with E-state index in [9.17, 15) is 14.0 Å². The number of carbonyl (C=O) groups is 2. The molecule has 3 rings (SSSR count). The van der Waals surface area contributed by atoms with Crippen molar-refractivity contribution in [3.05, 3.63) is 41.9 Å². The number of anilines is 1. The zero-order valence-corrected chi connectivity index (χ0v) is 12.5. The summed E-state index contributed by atoms with van der Waals surface area (Å²) in [6.45, 7) is 1.60. The number of thiocarbonyl (C=S) groups is 1. The molecule has 2 amide bonds. The summed E-state index contributed by atoms with van der Waals surface area (Å²) in [7, 11) is 0. The van der Waals surface area contributed by atoms with Crippen molar-refractivity contribution in [3.8, 4) is 0 Å². The van der Waals surface area contributed by atoms with E-state index >= 15 is 0 Å². The molecule has 0 aliphatic carbocycles. The third-order valence-corrected chi connectivity index (χ3v) is 3.93. The molecule has 1 aromatic rings. The standard InChI is InChI=1S/C15H14FN3O2S/c16-11-5-1-2-6-12(11)19-14(21)10(13(20)17-15(19)22)9-18-7-3-4-8-18/h1-2,5-6,9H,3-4,7-8H2,(H,17,20,22). The number of nitrogens with zero attached hydrogens (tertiary/aromatic N) is 2. The van der Waals surface area contributed by atoms with Gasteiger partial charge in [0.25, 0.3) is 11.8 Å². The fourth-order valence-corrected chi connectivity index (χ4v) is 2.82. The molecule has 0 aromatic heterocycles. The Morgan fingerprint density at radius 2 is 1.86 bits per heavy atom. The Morgan fingerprint density at radius 3 is 2.55 bits per heavy atom. The van der Waals surface area contributed by atoms with Crippen LogP contribution in [0.3, 0.4) is 0 Å². The van der Waals surface area contributed by atoms with Crippen molar-refractivity contribution in [2.24, 2.45) is 0 Å². The van der Waals surface area contributed by atoms with E-state index in [4.69, 9.17) is 12.2 Å². The lowest BCUT2D eigenvalue weighted by atomic mass is 10.1. The highest BCUT2D eigenvalue weighted by molar-refractivity contribution is 7.80. The summed E-state index contributed by atoms with van der Waals surface area (Å²) in [5.74, 6) is -1.73. The van der Waals surface area contributed by atoms with Crippen LogP contribution < -0.4 is 10.2 Å². The maximum atomic E-state index is 14.0. The lowest BCUT2D eigenvalue weighted by Gasteiger charge is -2.29. The highest BCUT2D eigenvalue weighted by Crippen LogP contribution is 2.24. The van der Waals surface area contributed by atoms with Gasteiger partial charge in [0.1, 0.15) is 11.4 Å². The van der Waals surface area contributed by atoms with Crippen LogP contribution >= 0.6 is 12.2 Å². The number of hydrogen-bond acceptors (Lipinski definition) is 4. The molecule has 2 saturated heterocycles. The molecule has 0 radical (unpaired) electrons. The summed E-state index contributed by atoms with van der Waals surface area (Å²) < 4.78 is 14.0. The smallest absolute Gasteiger partial charge is 0.271 e. The quantitative estimate of drug-likeness (QED) is 0.510. The van der Waals surface area contributed by atoms with Crippen LogP contribution in [0.15, 0.2) is 36.0 Å². The summed E-state index contributed by atoms with van der Waals surface area (Å²) >= 11 is 5.02. The molecule has 2 fully saturated rings. The molecular weight excluding hydrogens is 305 g/mol. The summed E-state index contributed by atoms with van der Waals surface area (Å²) in [6.07, 6.45) is 3.59. The van der Waals surface area contributed by atoms with E-state index in [1.54, 1.807) is 12.3 Å². The molecule has 0 atom stereocenters. The Morgan fingerprint density at radius 1 is 1.18 bits per heavy atom. The van der Waals surface area contributed by atoms with Crippen molar-refractivity contribution in [1.29, 1.82) is 0 Å². The van der Waals surface area contributed by atoms with Gasteiger partial charge in [-0.15, -0.1) is 0 Å². The maximum absolute atomic E-state index is 14.0. The average molecular weight is 319 g/mol. The molecule has 1 aromatic carbocycles. The van der Waals surface area contributed by atoms with Gasteiger partial charge in [0.2, 0.25) is 0 Å². The Kier molecular flexibility index (Phi) is 3.89. The van der Waals surface area contributed by atoms with E-state index in [0.29, 0.717) is 0 Å². The van der Waals surface area contributed by atoms with Crippen molar-refractivity contribution in [2.45, 2.75) is 12.8 Å². The van der Waals surface area contributed by atoms with Gasteiger partial charge in [0.15, 0.2) is 5.11 Å². The minimum Gasteiger partial charge on any atom is -0.377 e. The number of rotatable bonds is 2. The summed E-state index contributed by atoms with van der Waals surface area (Å²) in [6, 6.07) is 5.82. The minimum absolute atomic E-state index is 0.0289. The van der Waals surface area contributed by atoms with Gasteiger partial charge in [-0.3, -0.25) is 14.9 Å². The van der Waals surface area contributed by atoms with E-state index in [0.717, 1.165) is 30.8 Å². The molecule has 1 N–H and O–H groups in total.